The molecule has 1 unspecified atom stereocenters. The number of aromatic nitrogens is 3. The highest BCUT2D eigenvalue weighted by Gasteiger charge is 2.41. The van der Waals surface area contributed by atoms with Crippen molar-refractivity contribution in [2.24, 2.45) is 5.41 Å². The Hall–Kier alpha value is -2.63. The summed E-state index contributed by atoms with van der Waals surface area (Å²) in [5.41, 5.74) is 2.74. The lowest BCUT2D eigenvalue weighted by molar-refractivity contribution is -0.118. The van der Waals surface area contributed by atoms with E-state index in [0.29, 0.717) is 18.2 Å². The van der Waals surface area contributed by atoms with Crippen LogP contribution in [0.3, 0.4) is 0 Å². The number of hydrogen-bond donors (Lipinski definition) is 1. The fraction of sp³-hybridized carbons (Fsp3) is 0.421. The van der Waals surface area contributed by atoms with Crippen LogP contribution in [0, 0.1) is 12.3 Å². The lowest BCUT2D eigenvalue weighted by atomic mass is 9.73. The van der Waals surface area contributed by atoms with Gasteiger partial charge in [-0.3, -0.25) is 4.79 Å². The van der Waals surface area contributed by atoms with Crippen LogP contribution in [0.1, 0.15) is 44.1 Å². The molecule has 25 heavy (non-hydrogen) atoms. The summed E-state index contributed by atoms with van der Waals surface area (Å²) in [5.74, 6) is 2.35. The summed E-state index contributed by atoms with van der Waals surface area (Å²) in [6.07, 6.45) is 1.37. The molecule has 0 radical (unpaired) electrons. The quantitative estimate of drug-likeness (QED) is 0.910. The molecule has 0 bridgehead atoms. The first-order valence-electron chi connectivity index (χ1n) is 8.48. The van der Waals surface area contributed by atoms with E-state index in [1.165, 1.54) is 0 Å². The van der Waals surface area contributed by atoms with Crippen LogP contribution >= 0.6 is 0 Å². The second-order valence-corrected chi connectivity index (χ2v) is 7.56. The monoisotopic (exact) mass is 338 g/mol. The second kappa shape index (κ2) is 5.44. The highest BCUT2D eigenvalue weighted by molar-refractivity contribution is 6.00. The summed E-state index contributed by atoms with van der Waals surface area (Å²) >= 11 is 0. The summed E-state index contributed by atoms with van der Waals surface area (Å²) in [4.78, 5) is 17.5. The van der Waals surface area contributed by atoms with Crippen molar-refractivity contribution >= 4 is 11.7 Å². The topological polar surface area (TPSA) is 69.0 Å². The van der Waals surface area contributed by atoms with Gasteiger partial charge in [-0.25, -0.2) is 4.68 Å². The molecule has 6 heteroatoms. The Bertz CT molecular complexity index is 877. The number of ketones is 1. The van der Waals surface area contributed by atoms with Gasteiger partial charge in [0.25, 0.3) is 0 Å². The molecule has 2 heterocycles. The molecule has 1 aromatic carbocycles. The normalized spacial score (nSPS) is 21.4. The number of nitrogens with zero attached hydrogens (tertiary/aromatic N) is 3. The fourth-order valence-corrected chi connectivity index (χ4v) is 3.81. The number of benzene rings is 1. The lowest BCUT2D eigenvalue weighted by Crippen LogP contribution is -2.36. The van der Waals surface area contributed by atoms with Crippen LogP contribution in [0.25, 0.3) is 0 Å². The summed E-state index contributed by atoms with van der Waals surface area (Å²) < 4.78 is 7.08. The number of hydrogen-bond acceptors (Lipinski definition) is 5. The average Bonchev–Trinajstić information content (AvgIpc) is 2.91. The molecule has 0 fully saturated rings. The van der Waals surface area contributed by atoms with E-state index in [-0.39, 0.29) is 17.2 Å². The molecule has 0 saturated heterocycles. The van der Waals surface area contributed by atoms with Crippen LogP contribution in [0.4, 0.5) is 5.95 Å². The lowest BCUT2D eigenvalue weighted by Gasteiger charge is -2.38. The van der Waals surface area contributed by atoms with Crippen molar-refractivity contribution in [3.63, 3.8) is 0 Å². The van der Waals surface area contributed by atoms with E-state index in [1.54, 1.807) is 7.11 Å². The molecule has 2 aliphatic rings. The van der Waals surface area contributed by atoms with E-state index < -0.39 is 0 Å². The number of fused-ring (bicyclic) bond motifs is 1. The Morgan fingerprint density at radius 3 is 2.64 bits per heavy atom. The Labute approximate surface area is 146 Å². The third-order valence-corrected chi connectivity index (χ3v) is 4.87. The SMILES string of the molecule is COc1ccc(C2C3=C(CC(C)(C)CC3=O)Nc3nc(C)nn32)cc1. The van der Waals surface area contributed by atoms with Gasteiger partial charge in [0.05, 0.1) is 7.11 Å². The van der Waals surface area contributed by atoms with E-state index in [2.05, 4.69) is 29.2 Å². The van der Waals surface area contributed by atoms with Gasteiger partial charge in [-0.1, -0.05) is 26.0 Å². The van der Waals surface area contributed by atoms with Crippen LogP contribution in [0.2, 0.25) is 0 Å². The standard InChI is InChI=1S/C19H22N4O2/c1-11-20-18-21-14-9-19(2,3)10-15(24)16(14)17(23(18)22-11)12-5-7-13(25-4)8-6-12/h5-8,17H,9-10H2,1-4H3,(H,20,21,22). The van der Waals surface area contributed by atoms with Gasteiger partial charge in [-0.05, 0) is 36.5 Å². The molecule has 1 aliphatic heterocycles. The predicted molar refractivity (Wildman–Crippen MR) is 94.6 cm³/mol. The first kappa shape index (κ1) is 15.9. The van der Waals surface area contributed by atoms with Gasteiger partial charge >= 0.3 is 0 Å². The third kappa shape index (κ3) is 2.62. The third-order valence-electron chi connectivity index (χ3n) is 4.87. The molecule has 6 nitrogen and oxygen atoms in total. The molecular formula is C19H22N4O2. The Kier molecular flexibility index (Phi) is 3.45. The van der Waals surface area contributed by atoms with Gasteiger partial charge in [-0.15, -0.1) is 0 Å². The predicted octanol–water partition coefficient (Wildman–Crippen LogP) is 3.25. The van der Waals surface area contributed by atoms with Gasteiger partial charge in [0, 0.05) is 17.7 Å². The Morgan fingerprint density at radius 2 is 1.96 bits per heavy atom. The van der Waals surface area contributed by atoms with Gasteiger partial charge in [0.15, 0.2) is 5.78 Å². The van der Waals surface area contributed by atoms with Crippen molar-refractivity contribution < 1.29 is 9.53 Å². The van der Waals surface area contributed by atoms with Gasteiger partial charge in [0.1, 0.15) is 17.6 Å². The zero-order valence-corrected chi connectivity index (χ0v) is 15.0. The minimum absolute atomic E-state index is 0.0510. The van der Waals surface area contributed by atoms with Crippen molar-refractivity contribution in [3.8, 4) is 5.75 Å². The zero-order valence-electron chi connectivity index (χ0n) is 15.0. The van der Waals surface area contributed by atoms with Crippen molar-refractivity contribution in [1.29, 1.82) is 0 Å². The first-order chi connectivity index (χ1) is 11.9. The number of aryl methyl sites for hydroxylation is 1. The second-order valence-electron chi connectivity index (χ2n) is 7.56. The number of carbonyl (C=O) groups is 1. The molecule has 4 rings (SSSR count). The number of rotatable bonds is 2. The van der Waals surface area contributed by atoms with Crippen LogP contribution in [0.15, 0.2) is 35.5 Å². The highest BCUT2D eigenvalue weighted by Crippen LogP contribution is 2.45. The zero-order chi connectivity index (χ0) is 17.8. The van der Waals surface area contributed by atoms with E-state index in [4.69, 9.17) is 4.74 Å². The van der Waals surface area contributed by atoms with E-state index in [9.17, 15) is 4.79 Å². The van der Waals surface area contributed by atoms with Gasteiger partial charge < -0.3 is 10.1 Å². The summed E-state index contributed by atoms with van der Waals surface area (Å²) in [7, 11) is 1.64. The maximum Gasteiger partial charge on any atom is 0.226 e. The Morgan fingerprint density at radius 1 is 1.24 bits per heavy atom. The minimum Gasteiger partial charge on any atom is -0.497 e. The maximum absolute atomic E-state index is 13.0. The van der Waals surface area contributed by atoms with E-state index in [0.717, 1.165) is 29.0 Å². The molecule has 1 N–H and O–H groups in total. The van der Waals surface area contributed by atoms with Crippen LogP contribution in [-0.2, 0) is 4.79 Å². The summed E-state index contributed by atoms with van der Waals surface area (Å²) in [5, 5.41) is 7.89. The van der Waals surface area contributed by atoms with Crippen molar-refractivity contribution in [2.45, 2.75) is 39.7 Å². The number of methoxy groups -OCH3 is 1. The summed E-state index contributed by atoms with van der Waals surface area (Å²) in [6, 6.07) is 7.57. The highest BCUT2D eigenvalue weighted by atomic mass is 16.5. The average molecular weight is 338 g/mol. The molecule has 130 valence electrons. The summed E-state index contributed by atoms with van der Waals surface area (Å²) in [6.45, 7) is 6.12. The van der Waals surface area contributed by atoms with Gasteiger partial charge in [-0.2, -0.15) is 10.1 Å². The fourth-order valence-electron chi connectivity index (χ4n) is 3.81. The molecule has 1 aromatic heterocycles. The van der Waals surface area contributed by atoms with E-state index in [1.807, 2.05) is 35.9 Å². The molecule has 1 atom stereocenters. The molecule has 0 saturated carbocycles. The van der Waals surface area contributed by atoms with Crippen LogP contribution in [0.5, 0.6) is 5.75 Å². The van der Waals surface area contributed by atoms with E-state index >= 15 is 0 Å². The minimum atomic E-state index is -0.248. The number of Topliss-reactive ketones (excluding diaryl/α,β-unsaturated/α-hetero) is 1. The van der Waals surface area contributed by atoms with Crippen LogP contribution < -0.4 is 10.1 Å². The number of allylic oxidation sites excluding steroid dienone is 2. The number of nitrogens with one attached hydrogen (secondary N) is 1. The van der Waals surface area contributed by atoms with Gasteiger partial charge in [0.2, 0.25) is 5.95 Å². The Balaban J connectivity index is 1.88. The first-order valence-corrected chi connectivity index (χ1v) is 8.48. The number of carbonyl (C=O) groups excluding carboxylic acids is 1. The molecule has 0 spiro atoms. The largest absolute Gasteiger partial charge is 0.497 e. The van der Waals surface area contributed by atoms with Crippen LogP contribution in [-0.4, -0.2) is 27.7 Å². The van der Waals surface area contributed by atoms with Crippen molar-refractivity contribution in [1.82, 2.24) is 14.8 Å². The molecule has 1 aliphatic carbocycles. The smallest absolute Gasteiger partial charge is 0.226 e. The molecular weight excluding hydrogens is 316 g/mol. The molecule has 2 aromatic rings. The van der Waals surface area contributed by atoms with Crippen molar-refractivity contribution in [3.05, 3.63) is 46.9 Å². The maximum atomic E-state index is 13.0. The number of ether oxygens (including phenoxy) is 1. The van der Waals surface area contributed by atoms with Crippen molar-refractivity contribution in [2.75, 3.05) is 12.4 Å². The number of anilines is 1. The molecule has 0 amide bonds.